The maximum atomic E-state index is 12.2. The fourth-order valence-electron chi connectivity index (χ4n) is 3.02. The van der Waals surface area contributed by atoms with E-state index in [1.54, 1.807) is 7.11 Å². The van der Waals surface area contributed by atoms with E-state index >= 15 is 0 Å². The molecule has 21 heavy (non-hydrogen) atoms. The van der Waals surface area contributed by atoms with Gasteiger partial charge in [-0.1, -0.05) is 13.3 Å². The van der Waals surface area contributed by atoms with Crippen molar-refractivity contribution >= 4 is 16.8 Å². The molecule has 3 rings (SSSR count). The molecule has 0 bridgehead atoms. The Kier molecular flexibility index (Phi) is 3.86. The summed E-state index contributed by atoms with van der Waals surface area (Å²) in [6.45, 7) is 3.65. The van der Waals surface area contributed by atoms with Crippen LogP contribution in [-0.4, -0.2) is 29.4 Å². The first-order valence-electron chi connectivity index (χ1n) is 7.68. The normalized spacial score (nSPS) is 14.3. The monoisotopic (exact) mass is 286 g/mol. The highest BCUT2D eigenvalue weighted by molar-refractivity contribution is 5.87. The van der Waals surface area contributed by atoms with E-state index in [4.69, 9.17) is 4.74 Å². The number of nitrogens with zero attached hydrogens (tertiary/aromatic N) is 1. The molecule has 1 N–H and O–H groups in total. The summed E-state index contributed by atoms with van der Waals surface area (Å²) in [7, 11) is 1.68. The zero-order chi connectivity index (χ0) is 14.8. The summed E-state index contributed by atoms with van der Waals surface area (Å²) in [6.07, 6.45) is 3.61. The summed E-state index contributed by atoms with van der Waals surface area (Å²) < 4.78 is 5.32. The minimum absolute atomic E-state index is 0.278. The van der Waals surface area contributed by atoms with Gasteiger partial charge in [0.2, 0.25) is 5.91 Å². The summed E-state index contributed by atoms with van der Waals surface area (Å²) >= 11 is 0. The smallest absolute Gasteiger partial charge is 0.222 e. The number of hydrogen-bond donors (Lipinski definition) is 1. The number of unbranched alkanes of at least 4 members (excludes halogenated alkanes) is 1. The zero-order valence-electron chi connectivity index (χ0n) is 12.7. The Morgan fingerprint density at radius 1 is 1.43 bits per heavy atom. The highest BCUT2D eigenvalue weighted by Gasteiger charge is 2.23. The first-order valence-corrected chi connectivity index (χ1v) is 7.68. The van der Waals surface area contributed by atoms with Crippen molar-refractivity contribution < 1.29 is 9.53 Å². The first kappa shape index (κ1) is 14.0. The lowest BCUT2D eigenvalue weighted by molar-refractivity contribution is -0.132. The van der Waals surface area contributed by atoms with Gasteiger partial charge in [0.15, 0.2) is 0 Å². The molecule has 1 amide bonds. The summed E-state index contributed by atoms with van der Waals surface area (Å²) in [6, 6.07) is 6.08. The number of fused-ring (bicyclic) bond motifs is 3. The van der Waals surface area contributed by atoms with Crippen LogP contribution in [0.3, 0.4) is 0 Å². The van der Waals surface area contributed by atoms with E-state index in [1.165, 1.54) is 16.6 Å². The van der Waals surface area contributed by atoms with Crippen molar-refractivity contribution in [3.63, 3.8) is 0 Å². The SMILES string of the molecule is CCCCC(=O)N1CCc2[nH]c3ccc(OC)cc3c2C1. The van der Waals surface area contributed by atoms with Crippen LogP contribution in [0.15, 0.2) is 18.2 Å². The second-order valence-corrected chi connectivity index (χ2v) is 5.66. The number of aromatic amines is 1. The maximum absolute atomic E-state index is 12.2. The molecule has 1 aromatic heterocycles. The standard InChI is InChI=1S/C17H22N2O2/c1-3-4-5-17(20)19-9-8-16-14(11-19)13-10-12(21-2)6-7-15(13)18-16/h6-7,10,18H,3-5,8-9,11H2,1-2H3. The largest absolute Gasteiger partial charge is 0.497 e. The average Bonchev–Trinajstić information content (AvgIpc) is 2.89. The van der Waals surface area contributed by atoms with Crippen molar-refractivity contribution in [2.75, 3.05) is 13.7 Å². The van der Waals surface area contributed by atoms with Crippen LogP contribution in [0.4, 0.5) is 0 Å². The van der Waals surface area contributed by atoms with Crippen LogP contribution < -0.4 is 4.74 Å². The third-order valence-electron chi connectivity index (χ3n) is 4.28. The molecule has 1 aliphatic rings. The van der Waals surface area contributed by atoms with Crippen LogP contribution in [0.1, 0.15) is 37.4 Å². The molecule has 0 aliphatic carbocycles. The molecule has 0 spiro atoms. The van der Waals surface area contributed by atoms with E-state index in [9.17, 15) is 4.79 Å². The lowest BCUT2D eigenvalue weighted by Crippen LogP contribution is -2.35. The van der Waals surface area contributed by atoms with E-state index in [0.29, 0.717) is 13.0 Å². The van der Waals surface area contributed by atoms with Gasteiger partial charge in [0.05, 0.1) is 7.11 Å². The van der Waals surface area contributed by atoms with Crippen molar-refractivity contribution in [2.24, 2.45) is 0 Å². The van der Waals surface area contributed by atoms with Crippen LogP contribution in [0, 0.1) is 0 Å². The Hall–Kier alpha value is -1.97. The van der Waals surface area contributed by atoms with Crippen molar-refractivity contribution in [1.82, 2.24) is 9.88 Å². The Labute approximate surface area is 125 Å². The predicted octanol–water partition coefficient (Wildman–Crippen LogP) is 3.25. The number of rotatable bonds is 4. The van der Waals surface area contributed by atoms with E-state index < -0.39 is 0 Å². The lowest BCUT2D eigenvalue weighted by atomic mass is 10.0. The van der Waals surface area contributed by atoms with Crippen LogP contribution in [-0.2, 0) is 17.8 Å². The van der Waals surface area contributed by atoms with Crippen molar-refractivity contribution in [2.45, 2.75) is 39.2 Å². The molecule has 2 aromatic rings. The van der Waals surface area contributed by atoms with E-state index in [2.05, 4.69) is 24.0 Å². The molecule has 4 nitrogen and oxygen atoms in total. The molecule has 112 valence electrons. The van der Waals surface area contributed by atoms with Gasteiger partial charge in [0.25, 0.3) is 0 Å². The molecule has 2 heterocycles. The van der Waals surface area contributed by atoms with Crippen molar-refractivity contribution in [3.05, 3.63) is 29.5 Å². The number of hydrogen-bond acceptors (Lipinski definition) is 2. The average molecular weight is 286 g/mol. The van der Waals surface area contributed by atoms with Gasteiger partial charge in [-0.2, -0.15) is 0 Å². The summed E-state index contributed by atoms with van der Waals surface area (Å²) in [5.74, 6) is 1.14. The highest BCUT2D eigenvalue weighted by atomic mass is 16.5. The fourth-order valence-corrected chi connectivity index (χ4v) is 3.02. The van der Waals surface area contributed by atoms with Crippen LogP contribution in [0.5, 0.6) is 5.75 Å². The minimum Gasteiger partial charge on any atom is -0.497 e. The molecule has 0 radical (unpaired) electrons. The van der Waals surface area contributed by atoms with Gasteiger partial charge in [-0.25, -0.2) is 0 Å². The molecule has 0 saturated carbocycles. The summed E-state index contributed by atoms with van der Waals surface area (Å²) in [4.78, 5) is 17.7. The Bertz CT molecular complexity index is 660. The molecule has 4 heteroatoms. The number of nitrogens with one attached hydrogen (secondary N) is 1. The zero-order valence-corrected chi connectivity index (χ0v) is 12.7. The van der Waals surface area contributed by atoms with Gasteiger partial charge >= 0.3 is 0 Å². The van der Waals surface area contributed by atoms with Gasteiger partial charge in [-0.05, 0) is 24.6 Å². The van der Waals surface area contributed by atoms with Gasteiger partial charge in [-0.3, -0.25) is 4.79 Å². The van der Waals surface area contributed by atoms with Crippen LogP contribution in [0.25, 0.3) is 10.9 Å². The number of carbonyl (C=O) groups excluding carboxylic acids is 1. The second kappa shape index (κ2) is 5.80. The third kappa shape index (κ3) is 2.62. The number of benzene rings is 1. The molecule has 0 atom stereocenters. The lowest BCUT2D eigenvalue weighted by Gasteiger charge is -2.27. The molecule has 0 unspecified atom stereocenters. The fraction of sp³-hybridized carbons (Fsp3) is 0.471. The Morgan fingerprint density at radius 2 is 2.29 bits per heavy atom. The maximum Gasteiger partial charge on any atom is 0.222 e. The van der Waals surface area contributed by atoms with Gasteiger partial charge in [0, 0.05) is 48.1 Å². The third-order valence-corrected chi connectivity index (χ3v) is 4.28. The summed E-state index contributed by atoms with van der Waals surface area (Å²) in [5.41, 5.74) is 3.64. The van der Waals surface area contributed by atoms with Gasteiger partial charge < -0.3 is 14.6 Å². The van der Waals surface area contributed by atoms with Gasteiger partial charge in [0.1, 0.15) is 5.75 Å². The van der Waals surface area contributed by atoms with E-state index in [1.807, 2.05) is 11.0 Å². The number of methoxy groups -OCH3 is 1. The number of H-pyrrole nitrogens is 1. The first-order chi connectivity index (χ1) is 10.2. The topological polar surface area (TPSA) is 45.3 Å². The molecular formula is C17H22N2O2. The summed E-state index contributed by atoms with van der Waals surface area (Å²) in [5, 5.41) is 1.18. The molecule has 0 saturated heterocycles. The molecular weight excluding hydrogens is 264 g/mol. The molecule has 1 aliphatic heterocycles. The van der Waals surface area contributed by atoms with Crippen LogP contribution in [0.2, 0.25) is 0 Å². The van der Waals surface area contributed by atoms with Crippen LogP contribution >= 0.6 is 0 Å². The quantitative estimate of drug-likeness (QED) is 0.937. The Balaban J connectivity index is 1.88. The second-order valence-electron chi connectivity index (χ2n) is 5.66. The van der Waals surface area contributed by atoms with Crippen molar-refractivity contribution in [1.29, 1.82) is 0 Å². The Morgan fingerprint density at radius 3 is 3.05 bits per heavy atom. The molecule has 1 aromatic carbocycles. The highest BCUT2D eigenvalue weighted by Crippen LogP contribution is 2.30. The number of aromatic nitrogens is 1. The van der Waals surface area contributed by atoms with E-state index in [-0.39, 0.29) is 5.91 Å². The number of ether oxygens (including phenoxy) is 1. The van der Waals surface area contributed by atoms with E-state index in [0.717, 1.165) is 37.1 Å². The minimum atomic E-state index is 0.278. The van der Waals surface area contributed by atoms with Gasteiger partial charge in [-0.15, -0.1) is 0 Å². The number of carbonyl (C=O) groups is 1. The predicted molar refractivity (Wildman–Crippen MR) is 83.5 cm³/mol. The number of amides is 1. The molecule has 0 fully saturated rings. The van der Waals surface area contributed by atoms with Crippen molar-refractivity contribution in [3.8, 4) is 5.75 Å².